The first-order chi connectivity index (χ1) is 17.8. The highest BCUT2D eigenvalue weighted by Crippen LogP contribution is 2.55. The van der Waals surface area contributed by atoms with E-state index in [-0.39, 0.29) is 28.8 Å². The van der Waals surface area contributed by atoms with Crippen molar-refractivity contribution in [1.29, 1.82) is 0 Å². The summed E-state index contributed by atoms with van der Waals surface area (Å²) < 4.78 is 10.3. The molecule has 0 atom stereocenters. The summed E-state index contributed by atoms with van der Waals surface area (Å²) in [5.74, 6) is -0.227. The van der Waals surface area contributed by atoms with Crippen molar-refractivity contribution >= 4 is 29.7 Å². The van der Waals surface area contributed by atoms with Gasteiger partial charge in [0.2, 0.25) is 0 Å². The molecule has 1 aliphatic heterocycles. The Hall–Kier alpha value is -3.95. The van der Waals surface area contributed by atoms with Gasteiger partial charge in [-0.2, -0.15) is 0 Å². The molecule has 5 aliphatic rings. The molecule has 0 spiro atoms. The predicted molar refractivity (Wildman–Crippen MR) is 127 cm³/mol. The van der Waals surface area contributed by atoms with Crippen LogP contribution in [-0.4, -0.2) is 46.8 Å². The molecule has 0 radical (unpaired) electrons. The Morgan fingerprint density at radius 1 is 0.973 bits per heavy atom. The number of nitrogens with zero attached hydrogens (tertiary/aromatic N) is 1. The van der Waals surface area contributed by atoms with E-state index in [1.54, 1.807) is 12.1 Å². The zero-order chi connectivity index (χ0) is 25.7. The number of carbonyl (C=O) groups excluding carboxylic acids is 5. The maximum Gasteiger partial charge on any atom is 0.338 e. The summed E-state index contributed by atoms with van der Waals surface area (Å²) in [6.45, 7) is -0.674. The number of imide groups is 2. The summed E-state index contributed by atoms with van der Waals surface area (Å²) >= 11 is 0. The van der Waals surface area contributed by atoms with Gasteiger partial charge in [-0.1, -0.05) is 0 Å². The lowest BCUT2D eigenvalue weighted by Crippen LogP contribution is -2.62. The van der Waals surface area contributed by atoms with E-state index in [1.165, 1.54) is 43.7 Å². The smallest absolute Gasteiger partial charge is 0.338 e. The van der Waals surface area contributed by atoms with E-state index in [0.717, 1.165) is 24.2 Å². The van der Waals surface area contributed by atoms with Crippen molar-refractivity contribution in [3.63, 3.8) is 0 Å². The molecule has 10 nitrogen and oxygen atoms in total. The van der Waals surface area contributed by atoms with Crippen LogP contribution in [0.2, 0.25) is 0 Å². The Morgan fingerprint density at radius 3 is 2.30 bits per heavy atom. The second-order valence-electron chi connectivity index (χ2n) is 10.8. The summed E-state index contributed by atoms with van der Waals surface area (Å²) in [4.78, 5) is 63.8. The van der Waals surface area contributed by atoms with Crippen molar-refractivity contribution < 1.29 is 33.1 Å². The van der Waals surface area contributed by atoms with Gasteiger partial charge in [0.25, 0.3) is 17.7 Å². The van der Waals surface area contributed by atoms with Crippen molar-refractivity contribution in [2.24, 2.45) is 17.8 Å². The standard InChI is InChI=1S/C27H27N3O7/c31-22(28-26(35)29-27-10-15-6-16(11-27)8-17(7-15)12-27)14-37-25(34)18-3-4-20-21(9-18)24(33)30(23(20)32)13-19-2-1-5-36-19/h1-5,9,15-17H,6-8,10-14H2,(H2,28,29,31,35). The largest absolute Gasteiger partial charge is 0.467 e. The summed E-state index contributed by atoms with van der Waals surface area (Å²) in [6, 6.07) is 6.76. The molecule has 2 heterocycles. The molecule has 2 N–H and O–H groups in total. The number of nitrogens with one attached hydrogen (secondary N) is 2. The first-order valence-electron chi connectivity index (χ1n) is 12.6. The molecule has 4 aliphatic carbocycles. The number of esters is 1. The summed E-state index contributed by atoms with van der Waals surface area (Å²) in [7, 11) is 0. The fraction of sp³-hybridized carbons (Fsp3) is 0.444. The zero-order valence-corrected chi connectivity index (χ0v) is 20.2. The Morgan fingerprint density at radius 2 is 1.65 bits per heavy atom. The molecular formula is C27H27N3O7. The first-order valence-corrected chi connectivity index (χ1v) is 12.6. The van der Waals surface area contributed by atoms with Crippen molar-refractivity contribution in [2.75, 3.05) is 6.61 Å². The quantitative estimate of drug-likeness (QED) is 0.455. The van der Waals surface area contributed by atoms with Crippen LogP contribution in [0.25, 0.3) is 0 Å². The minimum Gasteiger partial charge on any atom is -0.467 e. The molecule has 10 heteroatoms. The molecule has 4 saturated carbocycles. The summed E-state index contributed by atoms with van der Waals surface area (Å²) in [5, 5.41) is 5.30. The van der Waals surface area contributed by atoms with Crippen LogP contribution in [0.1, 0.15) is 75.4 Å². The van der Waals surface area contributed by atoms with Crippen LogP contribution in [-0.2, 0) is 16.1 Å². The van der Waals surface area contributed by atoms with Gasteiger partial charge >= 0.3 is 12.0 Å². The van der Waals surface area contributed by atoms with Crippen LogP contribution in [0, 0.1) is 17.8 Å². The molecule has 7 rings (SSSR count). The van der Waals surface area contributed by atoms with E-state index in [1.807, 2.05) is 0 Å². The molecule has 4 fully saturated rings. The van der Waals surface area contributed by atoms with Gasteiger partial charge in [-0.05, 0) is 86.6 Å². The van der Waals surface area contributed by atoms with Crippen molar-refractivity contribution in [3.8, 4) is 0 Å². The van der Waals surface area contributed by atoms with Gasteiger partial charge in [-0.3, -0.25) is 24.6 Å². The molecule has 5 amide bonds. The van der Waals surface area contributed by atoms with Crippen LogP contribution in [0.3, 0.4) is 0 Å². The van der Waals surface area contributed by atoms with Crippen LogP contribution in [0.4, 0.5) is 4.79 Å². The van der Waals surface area contributed by atoms with Crippen molar-refractivity contribution in [2.45, 2.75) is 50.6 Å². The molecule has 0 unspecified atom stereocenters. The fourth-order valence-electron chi connectivity index (χ4n) is 7.03. The molecular weight excluding hydrogens is 478 g/mol. The van der Waals surface area contributed by atoms with Crippen LogP contribution < -0.4 is 10.6 Å². The molecule has 4 bridgehead atoms. The van der Waals surface area contributed by atoms with Gasteiger partial charge in [0.05, 0.1) is 29.5 Å². The van der Waals surface area contributed by atoms with Crippen molar-refractivity contribution in [1.82, 2.24) is 15.5 Å². The SMILES string of the molecule is O=C(COC(=O)c1ccc2c(c1)C(=O)N(Cc1ccco1)C2=O)NC(=O)NC12CC3CC(CC(C3)C1)C2. The topological polar surface area (TPSA) is 135 Å². The van der Waals surface area contributed by atoms with Crippen molar-refractivity contribution in [3.05, 3.63) is 59.0 Å². The maximum atomic E-state index is 12.8. The third kappa shape index (κ3) is 4.41. The lowest BCUT2D eigenvalue weighted by atomic mass is 9.53. The summed E-state index contributed by atoms with van der Waals surface area (Å²) in [5.41, 5.74) is 0.0258. The number of benzene rings is 1. The third-order valence-corrected chi connectivity index (χ3v) is 8.10. The Labute approximate surface area is 212 Å². The number of furan rings is 1. The lowest BCUT2D eigenvalue weighted by Gasteiger charge is -2.56. The van der Waals surface area contributed by atoms with Crippen LogP contribution in [0.15, 0.2) is 41.0 Å². The summed E-state index contributed by atoms with van der Waals surface area (Å²) in [6.07, 6.45) is 8.02. The van der Waals surface area contributed by atoms with Gasteiger partial charge in [0.15, 0.2) is 6.61 Å². The zero-order valence-electron chi connectivity index (χ0n) is 20.2. The van der Waals surface area contributed by atoms with E-state index in [2.05, 4.69) is 10.6 Å². The maximum absolute atomic E-state index is 12.8. The third-order valence-electron chi connectivity index (χ3n) is 8.10. The highest BCUT2D eigenvalue weighted by Gasteiger charge is 2.51. The fourth-order valence-corrected chi connectivity index (χ4v) is 7.03. The van der Waals surface area contributed by atoms with E-state index >= 15 is 0 Å². The number of ether oxygens (including phenoxy) is 1. The molecule has 1 aromatic heterocycles. The average Bonchev–Trinajstić information content (AvgIpc) is 3.44. The minimum absolute atomic E-state index is 0.0190. The number of fused-ring (bicyclic) bond motifs is 1. The lowest BCUT2D eigenvalue weighted by molar-refractivity contribution is -0.123. The molecule has 37 heavy (non-hydrogen) atoms. The van der Waals surface area contributed by atoms with Gasteiger partial charge < -0.3 is 14.5 Å². The number of carbonyl (C=O) groups is 5. The Bertz CT molecular complexity index is 1260. The highest BCUT2D eigenvalue weighted by molar-refractivity contribution is 6.21. The first kappa shape index (κ1) is 23.4. The number of urea groups is 1. The molecule has 1 aromatic carbocycles. The van der Waals surface area contributed by atoms with E-state index < -0.39 is 36.3 Å². The van der Waals surface area contributed by atoms with Crippen LogP contribution >= 0.6 is 0 Å². The van der Waals surface area contributed by atoms with E-state index in [0.29, 0.717) is 23.5 Å². The van der Waals surface area contributed by atoms with Gasteiger partial charge in [0.1, 0.15) is 5.76 Å². The van der Waals surface area contributed by atoms with Crippen LogP contribution in [0.5, 0.6) is 0 Å². The monoisotopic (exact) mass is 505 g/mol. The number of amides is 5. The second kappa shape index (κ2) is 8.86. The van der Waals surface area contributed by atoms with Gasteiger partial charge in [-0.15, -0.1) is 0 Å². The van der Waals surface area contributed by atoms with Gasteiger partial charge in [0, 0.05) is 5.54 Å². The average molecular weight is 506 g/mol. The van der Waals surface area contributed by atoms with E-state index in [9.17, 15) is 24.0 Å². The molecule has 0 saturated heterocycles. The highest BCUT2D eigenvalue weighted by atomic mass is 16.5. The Kier molecular flexibility index (Phi) is 5.62. The van der Waals surface area contributed by atoms with E-state index in [4.69, 9.17) is 9.15 Å². The number of rotatable bonds is 6. The molecule has 192 valence electrons. The normalized spacial score (nSPS) is 27.2. The number of hydrogen-bond acceptors (Lipinski definition) is 7. The van der Waals surface area contributed by atoms with Gasteiger partial charge in [-0.25, -0.2) is 9.59 Å². The minimum atomic E-state index is -0.843. The molecule has 2 aromatic rings. The Balaban J connectivity index is 1.03. The number of hydrogen-bond donors (Lipinski definition) is 2. The second-order valence-corrected chi connectivity index (χ2v) is 10.8. The predicted octanol–water partition coefficient (Wildman–Crippen LogP) is 3.03.